The fourth-order valence-electron chi connectivity index (χ4n) is 4.65. The second-order valence-electron chi connectivity index (χ2n) is 11.4. The number of nitrogens with one attached hydrogen (secondary N) is 2. The van der Waals surface area contributed by atoms with Gasteiger partial charge in [0.05, 0.1) is 18.0 Å². The highest BCUT2D eigenvalue weighted by molar-refractivity contribution is 6.74. The van der Waals surface area contributed by atoms with Crippen molar-refractivity contribution in [2.45, 2.75) is 89.7 Å². The molecule has 1 aliphatic heterocycles. The molecule has 2 fully saturated rings. The third-order valence-corrected chi connectivity index (χ3v) is 12.3. The van der Waals surface area contributed by atoms with Crippen molar-refractivity contribution in [1.82, 2.24) is 15.4 Å². The molecule has 182 valence electrons. The molecule has 2 aromatic rings. The van der Waals surface area contributed by atoms with E-state index in [1.54, 1.807) is 0 Å². The Labute approximate surface area is 198 Å². The van der Waals surface area contributed by atoms with E-state index in [1.807, 2.05) is 25.1 Å². The number of aromatic nitrogens is 1. The Hall–Kier alpha value is -1.90. The maximum Gasteiger partial charge on any atom is 0.239 e. The van der Waals surface area contributed by atoms with Gasteiger partial charge in [0, 0.05) is 25.2 Å². The second kappa shape index (κ2) is 9.39. The number of carbonyl (C=O) groups is 1. The lowest BCUT2D eigenvalue weighted by atomic mass is 9.89. The van der Waals surface area contributed by atoms with Gasteiger partial charge in [-0.2, -0.15) is 0 Å². The molecule has 2 aliphatic rings. The minimum Gasteiger partial charge on any atom is -0.414 e. The van der Waals surface area contributed by atoms with Gasteiger partial charge >= 0.3 is 0 Å². The van der Waals surface area contributed by atoms with Gasteiger partial charge in [-0.1, -0.05) is 37.6 Å². The number of hydrogen-bond acceptors (Lipinski definition) is 6. The van der Waals surface area contributed by atoms with Crippen LogP contribution in [0.5, 0.6) is 0 Å². The number of hydrogen-bond donors (Lipinski definition) is 2. The number of benzene rings is 1. The molecule has 1 amide bonds. The molecular formula is C25H40N4O3Si. The van der Waals surface area contributed by atoms with Crippen LogP contribution in [-0.2, 0) is 9.22 Å². The Kier molecular flexibility index (Phi) is 6.89. The molecule has 0 bridgehead atoms. The lowest BCUT2D eigenvalue weighted by Crippen LogP contribution is -2.63. The topological polar surface area (TPSA) is 79.6 Å². The molecule has 33 heavy (non-hydrogen) atoms. The molecule has 1 saturated heterocycles. The molecule has 1 aromatic heterocycles. The molecular weight excluding hydrogens is 432 g/mol. The Bertz CT molecular complexity index is 970. The van der Waals surface area contributed by atoms with Crippen molar-refractivity contribution in [3.8, 4) is 0 Å². The van der Waals surface area contributed by atoms with Crippen LogP contribution in [0.1, 0.15) is 52.0 Å². The summed E-state index contributed by atoms with van der Waals surface area (Å²) in [6.07, 6.45) is 5.11. The number of anilines is 1. The largest absolute Gasteiger partial charge is 0.414 e. The predicted octanol–water partition coefficient (Wildman–Crippen LogP) is 4.68. The number of carbonyl (C=O) groups excluding carboxylic acids is 1. The molecule has 0 atom stereocenters. The molecule has 0 radical (unpaired) electrons. The molecule has 7 nitrogen and oxygen atoms in total. The zero-order valence-corrected chi connectivity index (χ0v) is 22.0. The first kappa shape index (κ1) is 24.2. The molecule has 2 N–H and O–H groups in total. The van der Waals surface area contributed by atoms with Crippen LogP contribution in [0.2, 0.25) is 18.1 Å². The highest BCUT2D eigenvalue weighted by Crippen LogP contribution is 2.39. The van der Waals surface area contributed by atoms with Crippen LogP contribution < -0.4 is 10.6 Å². The molecule has 8 heteroatoms. The van der Waals surface area contributed by atoms with Crippen molar-refractivity contribution in [1.29, 1.82) is 0 Å². The molecule has 4 rings (SSSR count). The highest BCUT2D eigenvalue weighted by Gasteiger charge is 2.41. The van der Waals surface area contributed by atoms with Gasteiger partial charge in [0.1, 0.15) is 0 Å². The van der Waals surface area contributed by atoms with Crippen molar-refractivity contribution in [3.63, 3.8) is 0 Å². The second-order valence-corrected chi connectivity index (χ2v) is 16.2. The maximum atomic E-state index is 12.4. The molecule has 0 unspecified atom stereocenters. The number of rotatable bonds is 7. The SMILES string of the molecule is Cc1ccc2onc(NCC(=O)NC3CN([C@H]4CC[C@@H](O[Si](C)(C)C(C)(C)C)CC4)C3)c2c1. The van der Waals surface area contributed by atoms with E-state index < -0.39 is 8.32 Å². The van der Waals surface area contributed by atoms with Crippen LogP contribution in [0.4, 0.5) is 5.82 Å². The van der Waals surface area contributed by atoms with Crippen molar-refractivity contribution in [2.24, 2.45) is 0 Å². The summed E-state index contributed by atoms with van der Waals surface area (Å²) in [7, 11) is -1.69. The van der Waals surface area contributed by atoms with Crippen LogP contribution in [0.25, 0.3) is 11.0 Å². The van der Waals surface area contributed by atoms with E-state index in [-0.39, 0.29) is 23.5 Å². The standard InChI is InChI=1S/C25H40N4O3Si/c1-17-7-12-22-21(13-17)24(28-31-22)26-14-23(30)27-18-15-29(16-18)19-8-10-20(11-9-19)32-33(5,6)25(2,3)4/h7,12-13,18-20H,8-11,14-16H2,1-6H3,(H,26,28)(H,27,30)/t19-,20+. The summed E-state index contributed by atoms with van der Waals surface area (Å²) in [5.74, 6) is 0.616. The van der Waals surface area contributed by atoms with Crippen LogP contribution >= 0.6 is 0 Å². The lowest BCUT2D eigenvalue weighted by Gasteiger charge is -2.48. The summed E-state index contributed by atoms with van der Waals surface area (Å²) >= 11 is 0. The van der Waals surface area contributed by atoms with Gasteiger partial charge in [-0.15, -0.1) is 0 Å². The summed E-state index contributed by atoms with van der Waals surface area (Å²) in [5.41, 5.74) is 1.86. The van der Waals surface area contributed by atoms with E-state index in [9.17, 15) is 4.79 Å². The monoisotopic (exact) mass is 472 g/mol. The first-order valence-electron chi connectivity index (χ1n) is 12.3. The van der Waals surface area contributed by atoms with E-state index in [4.69, 9.17) is 8.95 Å². The highest BCUT2D eigenvalue weighted by atomic mass is 28.4. The number of likely N-dealkylation sites (tertiary alicyclic amines) is 1. The average molecular weight is 473 g/mol. The van der Waals surface area contributed by atoms with Crippen LogP contribution in [0, 0.1) is 6.92 Å². The van der Waals surface area contributed by atoms with E-state index >= 15 is 0 Å². The third-order valence-electron chi connectivity index (χ3n) is 7.74. The summed E-state index contributed by atoms with van der Waals surface area (Å²) < 4.78 is 12.0. The number of amides is 1. The quantitative estimate of drug-likeness (QED) is 0.570. The van der Waals surface area contributed by atoms with Gasteiger partial charge in [-0.25, -0.2) is 0 Å². The molecule has 1 aliphatic carbocycles. The Morgan fingerprint density at radius 2 is 1.91 bits per heavy atom. The van der Waals surface area contributed by atoms with Crippen LogP contribution in [0.15, 0.2) is 22.7 Å². The molecule has 2 heterocycles. The zero-order chi connectivity index (χ0) is 23.8. The van der Waals surface area contributed by atoms with E-state index in [0.717, 1.165) is 42.5 Å². The van der Waals surface area contributed by atoms with Crippen LogP contribution in [-0.4, -0.2) is 62.1 Å². The van der Waals surface area contributed by atoms with Crippen LogP contribution in [0.3, 0.4) is 0 Å². The first-order chi connectivity index (χ1) is 15.5. The van der Waals surface area contributed by atoms with E-state index in [1.165, 1.54) is 12.8 Å². The lowest BCUT2D eigenvalue weighted by molar-refractivity contribution is -0.121. The molecule has 1 saturated carbocycles. The third kappa shape index (κ3) is 5.61. The van der Waals surface area contributed by atoms with Crippen molar-refractivity contribution >= 4 is 31.0 Å². The van der Waals surface area contributed by atoms with E-state index in [0.29, 0.717) is 18.0 Å². The molecule has 1 aromatic carbocycles. The summed E-state index contributed by atoms with van der Waals surface area (Å²) in [5, 5.41) is 11.5. The smallest absolute Gasteiger partial charge is 0.239 e. The van der Waals surface area contributed by atoms with Crippen molar-refractivity contribution in [3.05, 3.63) is 23.8 Å². The van der Waals surface area contributed by atoms with E-state index in [2.05, 4.69) is 54.6 Å². The Morgan fingerprint density at radius 1 is 1.21 bits per heavy atom. The molecule has 0 spiro atoms. The normalized spacial score (nSPS) is 22.8. The Balaban J connectivity index is 1.16. The number of nitrogens with zero attached hydrogens (tertiary/aromatic N) is 2. The number of fused-ring (bicyclic) bond motifs is 1. The fraction of sp³-hybridized carbons (Fsp3) is 0.680. The van der Waals surface area contributed by atoms with Gasteiger partial charge in [-0.05, 0) is 62.9 Å². The van der Waals surface area contributed by atoms with Gasteiger partial charge < -0.3 is 19.6 Å². The number of aryl methyl sites for hydroxylation is 1. The average Bonchev–Trinajstić information content (AvgIpc) is 3.10. The van der Waals surface area contributed by atoms with Gasteiger partial charge in [0.25, 0.3) is 0 Å². The Morgan fingerprint density at radius 3 is 2.58 bits per heavy atom. The summed E-state index contributed by atoms with van der Waals surface area (Å²) in [4.78, 5) is 14.9. The predicted molar refractivity (Wildman–Crippen MR) is 135 cm³/mol. The zero-order valence-electron chi connectivity index (χ0n) is 21.0. The van der Waals surface area contributed by atoms with Gasteiger partial charge in [-0.3, -0.25) is 9.69 Å². The van der Waals surface area contributed by atoms with Gasteiger partial charge in [0.2, 0.25) is 5.91 Å². The van der Waals surface area contributed by atoms with Crippen molar-refractivity contribution in [2.75, 3.05) is 25.0 Å². The summed E-state index contributed by atoms with van der Waals surface area (Å²) in [6.45, 7) is 15.7. The van der Waals surface area contributed by atoms with Gasteiger partial charge in [0.15, 0.2) is 19.7 Å². The maximum absolute atomic E-state index is 12.4. The first-order valence-corrected chi connectivity index (χ1v) is 15.2. The minimum absolute atomic E-state index is 0.00469. The minimum atomic E-state index is -1.69. The van der Waals surface area contributed by atoms with Crippen molar-refractivity contribution < 1.29 is 13.7 Å². The fourth-order valence-corrected chi connectivity index (χ4v) is 6.07. The summed E-state index contributed by atoms with van der Waals surface area (Å²) in [6, 6.07) is 6.76.